The first kappa shape index (κ1) is 23.6. The molecular formula is C22H25N3O5S2. The molecule has 0 aromatic carbocycles. The van der Waals surface area contributed by atoms with Crippen LogP contribution < -0.4 is 16.2 Å². The van der Waals surface area contributed by atoms with Crippen molar-refractivity contribution < 1.29 is 19.4 Å². The van der Waals surface area contributed by atoms with Crippen LogP contribution in [0.4, 0.5) is 10.5 Å². The largest absolute Gasteiger partial charge is 0.505 e. The van der Waals surface area contributed by atoms with Crippen LogP contribution in [0.5, 0.6) is 5.75 Å². The molecule has 3 aromatic heterocycles. The Labute approximate surface area is 193 Å². The number of urea groups is 1. The monoisotopic (exact) mass is 475 g/mol. The lowest BCUT2D eigenvalue weighted by Crippen LogP contribution is -2.36. The molecule has 0 saturated carbocycles. The zero-order chi connectivity index (χ0) is 23.4. The van der Waals surface area contributed by atoms with Gasteiger partial charge < -0.3 is 25.0 Å². The molecule has 3 aromatic rings. The molecule has 0 spiro atoms. The summed E-state index contributed by atoms with van der Waals surface area (Å²) in [5, 5.41) is 19.3. The highest BCUT2D eigenvalue weighted by Crippen LogP contribution is 2.37. The summed E-state index contributed by atoms with van der Waals surface area (Å²) in [6.07, 6.45) is -0.0659. The van der Waals surface area contributed by atoms with Crippen molar-refractivity contribution in [3.05, 3.63) is 55.4 Å². The van der Waals surface area contributed by atoms with E-state index < -0.39 is 23.6 Å². The summed E-state index contributed by atoms with van der Waals surface area (Å²) in [7, 11) is 1.55. The van der Waals surface area contributed by atoms with Gasteiger partial charge in [-0.05, 0) is 49.2 Å². The van der Waals surface area contributed by atoms with Crippen LogP contribution in [0.3, 0.4) is 0 Å². The summed E-state index contributed by atoms with van der Waals surface area (Å²) in [4.78, 5) is 39.3. The zero-order valence-corrected chi connectivity index (χ0v) is 19.9. The van der Waals surface area contributed by atoms with Gasteiger partial charge in [-0.3, -0.25) is 9.59 Å². The molecule has 3 heterocycles. The van der Waals surface area contributed by atoms with Gasteiger partial charge in [-0.15, -0.1) is 11.3 Å². The smallest absolute Gasteiger partial charge is 0.320 e. The quantitative estimate of drug-likeness (QED) is 0.441. The van der Waals surface area contributed by atoms with Crippen LogP contribution in [0, 0.1) is 13.8 Å². The number of anilines is 1. The van der Waals surface area contributed by atoms with E-state index in [0.29, 0.717) is 5.69 Å². The van der Waals surface area contributed by atoms with E-state index in [1.54, 1.807) is 32.2 Å². The second-order valence-corrected chi connectivity index (χ2v) is 9.10. The number of nitrogens with zero attached hydrogens (tertiary/aromatic N) is 1. The standard InChI is InChI=1S/C22H25N3O5S2/c1-5-30-18(27)10-15(20-12(2)8-17(32-20)14-6-7-31-11-14)23-22(29)24-19-16(26)9-13(3)25(4)21(19)28/h6-9,11,15,26H,5,10H2,1-4H3,(H2,23,24,29). The molecule has 1 unspecified atom stereocenters. The van der Waals surface area contributed by atoms with Gasteiger partial charge in [0.15, 0.2) is 5.69 Å². The molecule has 0 radical (unpaired) electrons. The Morgan fingerprint density at radius 3 is 2.69 bits per heavy atom. The van der Waals surface area contributed by atoms with E-state index in [1.807, 2.05) is 29.8 Å². The molecule has 32 heavy (non-hydrogen) atoms. The number of aromatic nitrogens is 1. The molecule has 0 fully saturated rings. The van der Waals surface area contributed by atoms with Gasteiger partial charge in [0.2, 0.25) is 0 Å². The molecule has 0 aliphatic heterocycles. The van der Waals surface area contributed by atoms with E-state index in [2.05, 4.69) is 10.6 Å². The Bertz CT molecular complexity index is 1180. The third kappa shape index (κ3) is 5.20. The number of carbonyl (C=O) groups is 2. The van der Waals surface area contributed by atoms with Crippen molar-refractivity contribution in [2.24, 2.45) is 7.05 Å². The SMILES string of the molecule is CCOC(=O)CC(NC(=O)Nc1c(O)cc(C)n(C)c1=O)c1sc(-c2ccsc2)cc1C. The highest BCUT2D eigenvalue weighted by Gasteiger charge is 2.24. The molecular weight excluding hydrogens is 450 g/mol. The van der Waals surface area contributed by atoms with Gasteiger partial charge >= 0.3 is 12.0 Å². The molecule has 0 bridgehead atoms. The molecule has 0 aliphatic rings. The molecule has 8 nitrogen and oxygen atoms in total. The number of amides is 2. The Morgan fingerprint density at radius 1 is 1.28 bits per heavy atom. The number of aryl methyl sites for hydroxylation is 2. The summed E-state index contributed by atoms with van der Waals surface area (Å²) in [6.45, 7) is 5.54. The Hall–Kier alpha value is -3.11. The fraction of sp³-hybridized carbons (Fsp3) is 0.318. The fourth-order valence-electron chi connectivity index (χ4n) is 3.21. The number of aromatic hydroxyl groups is 1. The topological polar surface area (TPSA) is 110 Å². The minimum atomic E-state index is -0.708. The van der Waals surface area contributed by atoms with Crippen molar-refractivity contribution >= 4 is 40.4 Å². The maximum absolute atomic E-state index is 12.8. The zero-order valence-electron chi connectivity index (χ0n) is 18.2. The number of rotatable bonds is 7. The maximum Gasteiger partial charge on any atom is 0.320 e. The average Bonchev–Trinajstić information content (AvgIpc) is 3.39. The summed E-state index contributed by atoms with van der Waals surface area (Å²) < 4.78 is 6.40. The summed E-state index contributed by atoms with van der Waals surface area (Å²) in [5.41, 5.74) is 1.79. The maximum atomic E-state index is 12.8. The van der Waals surface area contributed by atoms with Gasteiger partial charge in [0.05, 0.1) is 19.1 Å². The highest BCUT2D eigenvalue weighted by atomic mass is 32.1. The number of hydrogen-bond acceptors (Lipinski definition) is 7. The van der Waals surface area contributed by atoms with Crippen molar-refractivity contribution in [3.8, 4) is 16.2 Å². The third-order valence-corrected chi connectivity index (χ3v) is 7.03. The lowest BCUT2D eigenvalue weighted by atomic mass is 10.1. The van der Waals surface area contributed by atoms with Gasteiger partial charge in [0.1, 0.15) is 5.75 Å². The van der Waals surface area contributed by atoms with Crippen LogP contribution in [-0.2, 0) is 16.6 Å². The van der Waals surface area contributed by atoms with Crippen LogP contribution >= 0.6 is 22.7 Å². The van der Waals surface area contributed by atoms with Gasteiger partial charge in [-0.2, -0.15) is 11.3 Å². The van der Waals surface area contributed by atoms with Crippen LogP contribution in [-0.4, -0.2) is 28.3 Å². The minimum Gasteiger partial charge on any atom is -0.505 e. The van der Waals surface area contributed by atoms with Crippen LogP contribution in [0.1, 0.15) is 35.5 Å². The molecule has 2 amide bonds. The van der Waals surface area contributed by atoms with Crippen molar-refractivity contribution in [2.75, 3.05) is 11.9 Å². The van der Waals surface area contributed by atoms with E-state index in [1.165, 1.54) is 22.0 Å². The normalized spacial score (nSPS) is 11.8. The second kappa shape index (κ2) is 10.0. The van der Waals surface area contributed by atoms with Crippen LogP contribution in [0.15, 0.2) is 33.8 Å². The lowest BCUT2D eigenvalue weighted by molar-refractivity contribution is -0.143. The first-order valence-electron chi connectivity index (χ1n) is 9.96. The molecule has 3 rings (SSSR count). The number of nitrogens with one attached hydrogen (secondary N) is 2. The average molecular weight is 476 g/mol. The molecule has 0 saturated heterocycles. The lowest BCUT2D eigenvalue weighted by Gasteiger charge is -2.19. The third-order valence-electron chi connectivity index (χ3n) is 4.95. The van der Waals surface area contributed by atoms with Crippen molar-refractivity contribution in [3.63, 3.8) is 0 Å². The molecule has 3 N–H and O–H groups in total. The van der Waals surface area contributed by atoms with Gasteiger partial charge in [0, 0.05) is 34.1 Å². The van der Waals surface area contributed by atoms with Gasteiger partial charge in [-0.1, -0.05) is 0 Å². The summed E-state index contributed by atoms with van der Waals surface area (Å²) >= 11 is 3.07. The number of esters is 1. The summed E-state index contributed by atoms with van der Waals surface area (Å²) in [6, 6.07) is 4.05. The van der Waals surface area contributed by atoms with Crippen LogP contribution in [0.25, 0.3) is 10.4 Å². The molecule has 170 valence electrons. The van der Waals surface area contributed by atoms with Crippen molar-refractivity contribution in [1.29, 1.82) is 0 Å². The number of thiophene rings is 2. The van der Waals surface area contributed by atoms with Crippen molar-refractivity contribution in [2.45, 2.75) is 33.2 Å². The minimum absolute atomic E-state index is 0.0659. The molecule has 10 heteroatoms. The van der Waals surface area contributed by atoms with Crippen LogP contribution in [0.2, 0.25) is 0 Å². The Morgan fingerprint density at radius 2 is 2.03 bits per heavy atom. The first-order valence-corrected chi connectivity index (χ1v) is 11.7. The second-order valence-electron chi connectivity index (χ2n) is 7.24. The first-order chi connectivity index (χ1) is 15.2. The van der Waals surface area contributed by atoms with E-state index in [9.17, 15) is 19.5 Å². The van der Waals surface area contributed by atoms with E-state index in [4.69, 9.17) is 4.74 Å². The Kier molecular flexibility index (Phi) is 7.37. The van der Waals surface area contributed by atoms with Gasteiger partial charge in [0.25, 0.3) is 5.56 Å². The number of carbonyl (C=O) groups excluding carboxylic acids is 2. The summed E-state index contributed by atoms with van der Waals surface area (Å²) in [5.74, 6) is -0.772. The number of pyridine rings is 1. The number of ether oxygens (including phenoxy) is 1. The van der Waals surface area contributed by atoms with E-state index in [0.717, 1.165) is 20.9 Å². The predicted molar refractivity (Wildman–Crippen MR) is 127 cm³/mol. The highest BCUT2D eigenvalue weighted by molar-refractivity contribution is 7.16. The fourth-order valence-corrected chi connectivity index (χ4v) is 5.17. The molecule has 1 atom stereocenters. The molecule has 0 aliphatic carbocycles. The van der Waals surface area contributed by atoms with Gasteiger partial charge in [-0.25, -0.2) is 4.79 Å². The number of hydrogen-bond donors (Lipinski definition) is 3. The van der Waals surface area contributed by atoms with E-state index >= 15 is 0 Å². The van der Waals surface area contributed by atoms with E-state index in [-0.39, 0.29) is 24.5 Å². The Balaban J connectivity index is 1.87. The van der Waals surface area contributed by atoms with Crippen molar-refractivity contribution in [1.82, 2.24) is 9.88 Å². The predicted octanol–water partition coefficient (Wildman–Crippen LogP) is 4.31.